The highest BCUT2D eigenvalue weighted by molar-refractivity contribution is 5.98. The van der Waals surface area contributed by atoms with Crippen LogP contribution in [0, 0.1) is 88.8 Å². The first-order valence-electron chi connectivity index (χ1n) is 44.1. The number of nitrogens with one attached hydrogen (secondary N) is 8. The van der Waals surface area contributed by atoms with Gasteiger partial charge in [0.15, 0.2) is 0 Å². The lowest BCUT2D eigenvalue weighted by atomic mass is 9.89. The molecule has 1 aliphatic heterocycles. The quantitative estimate of drug-likeness (QED) is 0.0173. The number of carbonyl (C=O) groups is 13. The van der Waals surface area contributed by atoms with Crippen molar-refractivity contribution >= 4 is 83.6 Å². The van der Waals surface area contributed by atoms with Gasteiger partial charge in [0.2, 0.25) is 35.4 Å². The third-order valence-corrected chi connectivity index (χ3v) is 24.4. The Hall–Kier alpha value is -10.7. The molecule has 692 valence electrons. The number of carboxylic acid groups (broad SMARTS) is 1. The zero-order chi connectivity index (χ0) is 91.4. The SMILES string of the molecule is CC[C@H](C)[C@@H]([C@@H](CC(=O)N1CCC[C@H]1[C@H](OC)[C@@H](C)C(=O)N[C@@H](Cc1ccccc1)C(=O)O)OC)N(C)C(=O)[C@@H](NC(=O)[C@H](C(C)C)N(C)C(=O)OCc1ccc(NC(=O)[C@H](CCCNC(N)=O)NC(=O)[C@@H](NC(=O)OCCOCCOC(=O)N(CCNC(=O)OC[C@@H]2[C@@H]3CCC#CCC[C@@H]32)CCNC(=O)OC[C@@H]2[C@@H]3CCC#CCC[C@@H]32)C(C)C)cc1)C(C)C. The van der Waals surface area contributed by atoms with Gasteiger partial charge in [-0.05, 0) is 134 Å². The number of rotatable bonds is 49. The lowest BCUT2D eigenvalue weighted by Crippen LogP contribution is -2.60. The summed E-state index contributed by atoms with van der Waals surface area (Å²) >= 11 is 0. The van der Waals surface area contributed by atoms with E-state index in [1.165, 1.54) is 31.1 Å². The van der Waals surface area contributed by atoms with E-state index < -0.39 is 150 Å². The molecule has 2 saturated carbocycles. The molecular formula is C90H135N13O22. The van der Waals surface area contributed by atoms with E-state index in [2.05, 4.69) is 66.2 Å². The average molecular weight is 1750 g/mol. The fourth-order valence-electron chi connectivity index (χ4n) is 17.0. The first kappa shape index (κ1) is 101. The highest BCUT2D eigenvalue weighted by Gasteiger charge is 2.51. The van der Waals surface area contributed by atoms with Crippen LogP contribution >= 0.6 is 0 Å². The summed E-state index contributed by atoms with van der Waals surface area (Å²) in [6.07, 6.45) is 3.71. The predicted octanol–water partition coefficient (Wildman–Crippen LogP) is 7.56. The van der Waals surface area contributed by atoms with Crippen LogP contribution in [-0.4, -0.2) is 264 Å². The van der Waals surface area contributed by atoms with Crippen LogP contribution in [0.3, 0.4) is 0 Å². The highest BCUT2D eigenvalue weighted by atomic mass is 16.6. The minimum Gasteiger partial charge on any atom is -0.480 e. The Labute approximate surface area is 735 Å². The molecule has 0 bridgehead atoms. The van der Waals surface area contributed by atoms with Crippen LogP contribution in [0.25, 0.3) is 0 Å². The number of likely N-dealkylation sites (N-methyl/N-ethyl adjacent to an activating group) is 2. The van der Waals surface area contributed by atoms with Crippen molar-refractivity contribution in [2.24, 2.45) is 70.8 Å². The number of amides is 13. The third-order valence-electron chi connectivity index (χ3n) is 24.4. The minimum absolute atomic E-state index is 0.0103. The summed E-state index contributed by atoms with van der Waals surface area (Å²) in [6.45, 7) is 16.1. The van der Waals surface area contributed by atoms with Gasteiger partial charge in [-0.2, -0.15) is 0 Å². The van der Waals surface area contributed by atoms with Gasteiger partial charge in [-0.15, -0.1) is 23.7 Å². The van der Waals surface area contributed by atoms with Crippen molar-refractivity contribution in [3.63, 3.8) is 0 Å². The van der Waals surface area contributed by atoms with Gasteiger partial charge in [-0.1, -0.05) is 111 Å². The second-order valence-electron chi connectivity index (χ2n) is 34.1. The normalized spacial score (nSPS) is 20.3. The van der Waals surface area contributed by atoms with Crippen molar-refractivity contribution in [3.05, 3.63) is 65.7 Å². The molecule has 13 amide bonds. The number of hydrogen-bond acceptors (Lipinski definition) is 21. The van der Waals surface area contributed by atoms with E-state index in [0.29, 0.717) is 80.1 Å². The summed E-state index contributed by atoms with van der Waals surface area (Å²) < 4.78 is 45.3. The first-order valence-corrected chi connectivity index (χ1v) is 44.1. The number of carboxylic acids is 1. The maximum absolute atomic E-state index is 14.9. The Balaban J connectivity index is 0.858. The topological polar surface area (TPSA) is 451 Å². The number of nitrogens with zero attached hydrogens (tertiary/aromatic N) is 4. The minimum atomic E-state index is -1.21. The molecule has 7 rings (SSSR count). The van der Waals surface area contributed by atoms with Crippen LogP contribution in [0.5, 0.6) is 0 Å². The lowest BCUT2D eigenvalue weighted by Gasteiger charge is -2.41. The zero-order valence-electron chi connectivity index (χ0n) is 74.9. The lowest BCUT2D eigenvalue weighted by molar-refractivity contribution is -0.148. The van der Waals surface area contributed by atoms with Gasteiger partial charge in [0.1, 0.15) is 50.0 Å². The number of fused-ring (bicyclic) bond motifs is 2. The molecule has 125 heavy (non-hydrogen) atoms. The van der Waals surface area contributed by atoms with E-state index in [-0.39, 0.29) is 109 Å². The molecule has 17 atom stereocenters. The molecule has 3 fully saturated rings. The Kier molecular flexibility index (Phi) is 42.0. The van der Waals surface area contributed by atoms with Crippen molar-refractivity contribution < 1.29 is 105 Å². The number of benzene rings is 2. The number of ether oxygens (including phenoxy) is 8. The molecule has 35 heteroatoms. The Morgan fingerprint density at radius 2 is 1.12 bits per heavy atom. The van der Waals surface area contributed by atoms with Gasteiger partial charge in [0.05, 0.1) is 63.1 Å². The van der Waals surface area contributed by atoms with E-state index in [9.17, 15) is 67.4 Å². The molecule has 0 unspecified atom stereocenters. The van der Waals surface area contributed by atoms with Crippen molar-refractivity contribution in [3.8, 4) is 23.7 Å². The molecule has 0 spiro atoms. The molecule has 4 aliphatic carbocycles. The second kappa shape index (κ2) is 51.7. The van der Waals surface area contributed by atoms with E-state index >= 15 is 0 Å². The first-order chi connectivity index (χ1) is 59.8. The molecule has 1 heterocycles. The molecule has 2 aromatic carbocycles. The van der Waals surface area contributed by atoms with Crippen LogP contribution in [0.1, 0.15) is 163 Å². The maximum atomic E-state index is 14.9. The molecule has 5 aliphatic rings. The van der Waals surface area contributed by atoms with Gasteiger partial charge >= 0.3 is 42.5 Å². The highest BCUT2D eigenvalue weighted by Crippen LogP contribution is 2.53. The summed E-state index contributed by atoms with van der Waals surface area (Å²) in [5.41, 5.74) is 6.80. The van der Waals surface area contributed by atoms with E-state index in [0.717, 1.165) is 61.8 Å². The fourth-order valence-corrected chi connectivity index (χ4v) is 17.0. The molecule has 0 radical (unpaired) electrons. The Bertz CT molecular complexity index is 3920. The molecular weight excluding hydrogens is 1620 g/mol. The van der Waals surface area contributed by atoms with E-state index in [1.807, 2.05) is 19.9 Å². The van der Waals surface area contributed by atoms with Crippen LogP contribution in [-0.2, 0) is 84.5 Å². The second-order valence-corrected chi connectivity index (χ2v) is 34.1. The molecule has 2 aromatic rings. The fraction of sp³-hybridized carbons (Fsp3) is 0.678. The number of nitrogens with two attached hydrogens (primary N) is 1. The monoisotopic (exact) mass is 1750 g/mol. The third kappa shape index (κ3) is 32.1. The largest absolute Gasteiger partial charge is 0.480 e. The number of primary amides is 1. The van der Waals surface area contributed by atoms with Gasteiger partial charge in [-0.25, -0.2) is 33.6 Å². The number of anilines is 1. The molecule has 35 nitrogen and oxygen atoms in total. The maximum Gasteiger partial charge on any atom is 0.410 e. The van der Waals surface area contributed by atoms with Gasteiger partial charge in [-0.3, -0.25) is 33.7 Å². The van der Waals surface area contributed by atoms with Gasteiger partial charge in [0, 0.05) is 105 Å². The molecule has 11 N–H and O–H groups in total. The Morgan fingerprint density at radius 3 is 1.64 bits per heavy atom. The van der Waals surface area contributed by atoms with Crippen molar-refractivity contribution in [2.75, 3.05) is 113 Å². The van der Waals surface area contributed by atoms with Crippen LogP contribution in [0.15, 0.2) is 54.6 Å². The van der Waals surface area contributed by atoms with Crippen LogP contribution in [0.4, 0.5) is 34.5 Å². The van der Waals surface area contributed by atoms with Crippen molar-refractivity contribution in [2.45, 2.75) is 220 Å². The molecule has 0 aromatic heterocycles. The predicted molar refractivity (Wildman–Crippen MR) is 462 cm³/mol. The zero-order valence-corrected chi connectivity index (χ0v) is 74.9. The van der Waals surface area contributed by atoms with Crippen LogP contribution < -0.4 is 48.3 Å². The number of urea groups is 1. The summed E-state index contributed by atoms with van der Waals surface area (Å²) in [5, 5.41) is 31.6. The number of methoxy groups -OCH3 is 2. The van der Waals surface area contributed by atoms with E-state index in [4.69, 9.17) is 43.6 Å². The number of alkyl carbamates (subject to hydrolysis) is 3. The number of likely N-dealkylation sites (tertiary alicyclic amines) is 1. The summed E-state index contributed by atoms with van der Waals surface area (Å²) in [7, 11) is 5.94. The number of hydrogen-bond donors (Lipinski definition) is 10. The Morgan fingerprint density at radius 1 is 0.560 bits per heavy atom. The van der Waals surface area contributed by atoms with Gasteiger partial charge < -0.3 is 106 Å². The van der Waals surface area contributed by atoms with Crippen molar-refractivity contribution in [1.29, 1.82) is 0 Å². The standard InChI is InChI=1S/C90H135N13O22/c1-14-58(8)77(72(118-12)51-73(104)103-43-27-35-71(103)78(119-13)59(9)79(105)97-70(84(110)111)50-60-28-20-19-21-29-60)100(10)83(109)75(56(4)5)98-82(108)76(57(6)7)101(11)89(116)125-52-61-36-38-62(39-37-61)95-80(106)69(34-26-40-92-85(91)112)96-81(107)74(55(2)3)99-88(115)121-48-46-120-47-49-122-90(117)102(44-41-93-86(113)123-53-67-63-30-22-15-16-23-31-64(63)67)45-42-94-87(114)124-54-68-65-32-24-17-18-25-33-66(65)68/h19-21,28-29,36-39,55-59,63-72,74-78H,14,22-27,30-35,40-54H2,1-13H3,(H,93,113)(H,94,114)(H,95,106)(H,96,107)(H,97,105)(H,98,108)(H,99,115)(H,110,111)(H3,91,92,112)/t58-,59+,63-,64+,65-,66+,67-,68-,69-,70-,71-,72+,74-,75-,76-,77-,78+/m0/s1. The number of aliphatic carboxylic acids is 1. The summed E-state index contributed by atoms with van der Waals surface area (Å²) in [6, 6.07) is 7.34. The van der Waals surface area contributed by atoms with Gasteiger partial charge in [0.25, 0.3) is 0 Å². The summed E-state index contributed by atoms with van der Waals surface area (Å²) in [4.78, 5) is 181. The van der Waals surface area contributed by atoms with Crippen LogP contribution in [0.2, 0.25) is 0 Å². The molecule has 1 saturated heterocycles. The number of carbonyl (C=O) groups excluding carboxylic acids is 12. The van der Waals surface area contributed by atoms with E-state index in [1.54, 1.807) is 109 Å². The van der Waals surface area contributed by atoms with Crippen molar-refractivity contribution in [1.82, 2.24) is 56.8 Å². The smallest absolute Gasteiger partial charge is 0.410 e. The summed E-state index contributed by atoms with van der Waals surface area (Å²) in [5.74, 6) is 8.27. The average Bonchev–Trinajstić information content (AvgIpc) is 1.66.